The van der Waals surface area contributed by atoms with Crippen molar-refractivity contribution in [1.29, 1.82) is 5.26 Å². The highest BCUT2D eigenvalue weighted by Crippen LogP contribution is 2.15. The van der Waals surface area contributed by atoms with Gasteiger partial charge in [-0.25, -0.2) is 4.79 Å². The number of nitrogens with two attached hydrogens (primary N) is 1. The van der Waals surface area contributed by atoms with E-state index < -0.39 is 6.09 Å². The molecule has 0 unspecified atom stereocenters. The monoisotopic (exact) mass is 256 g/mol. The molecule has 0 aliphatic heterocycles. The van der Waals surface area contributed by atoms with Crippen LogP contribution >= 0.6 is 0 Å². The number of carbonyl (C=O) groups excluding carboxylic acids is 1. The second-order valence-electron chi connectivity index (χ2n) is 3.91. The number of anilines is 1. The number of nitriles is 1. The molecular formula is C13H12N4O2. The zero-order valence-electron chi connectivity index (χ0n) is 10.3. The van der Waals surface area contributed by atoms with Crippen LogP contribution in [-0.4, -0.2) is 15.9 Å². The first kappa shape index (κ1) is 12.6. The van der Waals surface area contributed by atoms with Gasteiger partial charge in [0.25, 0.3) is 0 Å². The van der Waals surface area contributed by atoms with Gasteiger partial charge in [0.2, 0.25) is 0 Å². The van der Waals surface area contributed by atoms with Gasteiger partial charge in [-0.2, -0.15) is 10.4 Å². The Labute approximate surface area is 110 Å². The van der Waals surface area contributed by atoms with Gasteiger partial charge in [-0.05, 0) is 12.5 Å². The largest absolute Gasteiger partial charge is 0.443 e. The fourth-order valence-corrected chi connectivity index (χ4v) is 1.60. The summed E-state index contributed by atoms with van der Waals surface area (Å²) in [6, 6.07) is 11.1. The van der Waals surface area contributed by atoms with Gasteiger partial charge < -0.3 is 10.5 Å². The van der Waals surface area contributed by atoms with Crippen molar-refractivity contribution in [3.63, 3.8) is 0 Å². The van der Waals surface area contributed by atoms with Gasteiger partial charge in [-0.3, -0.25) is 0 Å². The predicted octanol–water partition coefficient (Wildman–Crippen LogP) is 1.83. The van der Waals surface area contributed by atoms with Crippen molar-refractivity contribution in [1.82, 2.24) is 9.78 Å². The van der Waals surface area contributed by atoms with Gasteiger partial charge in [0.1, 0.15) is 18.2 Å². The molecule has 0 radical (unpaired) electrons. The molecule has 1 aromatic heterocycles. The molecule has 0 atom stereocenters. The molecule has 6 nitrogen and oxygen atoms in total. The summed E-state index contributed by atoms with van der Waals surface area (Å²) < 4.78 is 5.98. The van der Waals surface area contributed by atoms with Crippen molar-refractivity contribution in [3.05, 3.63) is 47.2 Å². The van der Waals surface area contributed by atoms with Gasteiger partial charge in [0.05, 0.1) is 5.69 Å². The van der Waals surface area contributed by atoms with E-state index in [1.54, 1.807) is 6.92 Å². The molecule has 0 saturated carbocycles. The zero-order valence-corrected chi connectivity index (χ0v) is 10.3. The van der Waals surface area contributed by atoms with Crippen molar-refractivity contribution in [3.8, 4) is 6.07 Å². The Morgan fingerprint density at radius 3 is 2.74 bits per heavy atom. The van der Waals surface area contributed by atoms with Crippen LogP contribution in [0.15, 0.2) is 30.3 Å². The topological polar surface area (TPSA) is 93.9 Å². The van der Waals surface area contributed by atoms with Crippen LogP contribution in [0.5, 0.6) is 0 Å². The summed E-state index contributed by atoms with van der Waals surface area (Å²) in [5, 5.41) is 12.8. The first-order valence-corrected chi connectivity index (χ1v) is 5.59. The molecule has 1 aromatic carbocycles. The third kappa shape index (κ3) is 2.55. The standard InChI is InChI=1S/C13H12N4O2/c1-9-11(7-14)12(15)17(16-9)13(18)19-8-10-5-3-2-4-6-10/h2-6H,8,15H2,1H3. The lowest BCUT2D eigenvalue weighted by Crippen LogP contribution is -2.17. The van der Waals surface area contributed by atoms with Crippen LogP contribution < -0.4 is 5.73 Å². The Bertz CT molecular complexity index is 641. The minimum absolute atomic E-state index is 0.00179. The molecule has 2 aromatic rings. The lowest BCUT2D eigenvalue weighted by Gasteiger charge is -2.05. The fraction of sp³-hybridized carbons (Fsp3) is 0.154. The summed E-state index contributed by atoms with van der Waals surface area (Å²) in [6.45, 7) is 1.73. The molecule has 0 aliphatic carbocycles. The Kier molecular flexibility index (Phi) is 3.48. The number of ether oxygens (including phenoxy) is 1. The highest BCUT2D eigenvalue weighted by atomic mass is 16.6. The minimum atomic E-state index is -0.703. The molecule has 0 amide bonds. The molecule has 0 spiro atoms. The van der Waals surface area contributed by atoms with Crippen molar-refractivity contribution < 1.29 is 9.53 Å². The highest BCUT2D eigenvalue weighted by molar-refractivity contribution is 5.75. The summed E-state index contributed by atoms with van der Waals surface area (Å²) >= 11 is 0. The molecule has 2 N–H and O–H groups in total. The minimum Gasteiger partial charge on any atom is -0.443 e. The predicted molar refractivity (Wildman–Crippen MR) is 68.1 cm³/mol. The van der Waals surface area contributed by atoms with Crippen molar-refractivity contribution in [2.24, 2.45) is 0 Å². The smallest absolute Gasteiger partial charge is 0.436 e. The lowest BCUT2D eigenvalue weighted by atomic mass is 10.2. The summed E-state index contributed by atoms with van der Waals surface area (Å²) in [6.07, 6.45) is -0.703. The zero-order chi connectivity index (χ0) is 13.8. The average molecular weight is 256 g/mol. The quantitative estimate of drug-likeness (QED) is 0.884. The van der Waals surface area contributed by atoms with E-state index in [0.29, 0.717) is 5.69 Å². The third-order valence-electron chi connectivity index (χ3n) is 2.59. The maximum absolute atomic E-state index is 11.8. The maximum Gasteiger partial charge on any atom is 0.436 e. The van der Waals surface area contributed by atoms with E-state index >= 15 is 0 Å². The van der Waals surface area contributed by atoms with E-state index in [-0.39, 0.29) is 18.0 Å². The molecular weight excluding hydrogens is 244 g/mol. The van der Waals surface area contributed by atoms with Crippen LogP contribution in [0.1, 0.15) is 16.8 Å². The normalized spacial score (nSPS) is 9.89. The number of hydrogen-bond donors (Lipinski definition) is 1. The van der Waals surface area contributed by atoms with Gasteiger partial charge in [0.15, 0.2) is 5.82 Å². The first-order valence-electron chi connectivity index (χ1n) is 5.59. The summed E-state index contributed by atoms with van der Waals surface area (Å²) in [7, 11) is 0. The lowest BCUT2D eigenvalue weighted by molar-refractivity contribution is 0.138. The van der Waals surface area contributed by atoms with Gasteiger partial charge in [-0.1, -0.05) is 30.3 Å². The molecule has 0 bridgehead atoms. The number of rotatable bonds is 2. The Morgan fingerprint density at radius 1 is 1.47 bits per heavy atom. The number of aryl methyl sites for hydroxylation is 1. The van der Waals surface area contributed by atoms with Gasteiger partial charge >= 0.3 is 6.09 Å². The number of aromatic nitrogens is 2. The molecule has 1 heterocycles. The first-order chi connectivity index (χ1) is 9.13. The van der Waals surface area contributed by atoms with Crippen LogP contribution in [0.3, 0.4) is 0 Å². The second-order valence-corrected chi connectivity index (χ2v) is 3.91. The fourth-order valence-electron chi connectivity index (χ4n) is 1.60. The SMILES string of the molecule is Cc1nn(C(=O)OCc2ccccc2)c(N)c1C#N. The van der Waals surface area contributed by atoms with E-state index in [1.165, 1.54) is 0 Å². The number of carbonyl (C=O) groups is 1. The average Bonchev–Trinajstić information content (AvgIpc) is 2.72. The Balaban J connectivity index is 2.11. The second kappa shape index (κ2) is 5.23. The summed E-state index contributed by atoms with van der Waals surface area (Å²) in [5.41, 5.74) is 7.11. The highest BCUT2D eigenvalue weighted by Gasteiger charge is 2.18. The maximum atomic E-state index is 11.8. The van der Waals surface area contributed by atoms with Crippen molar-refractivity contribution in [2.45, 2.75) is 13.5 Å². The molecule has 96 valence electrons. The van der Waals surface area contributed by atoms with Crippen LogP contribution in [0.25, 0.3) is 0 Å². The van der Waals surface area contributed by atoms with Gasteiger partial charge in [-0.15, -0.1) is 4.68 Å². The number of nitrogens with zero attached hydrogens (tertiary/aromatic N) is 3. The van der Waals surface area contributed by atoms with Gasteiger partial charge in [0, 0.05) is 0 Å². The number of nitrogen functional groups attached to an aromatic ring is 1. The van der Waals surface area contributed by atoms with E-state index in [9.17, 15) is 4.79 Å². The third-order valence-corrected chi connectivity index (χ3v) is 2.59. The molecule has 0 saturated heterocycles. The molecule has 19 heavy (non-hydrogen) atoms. The molecule has 6 heteroatoms. The number of benzene rings is 1. The molecule has 0 fully saturated rings. The van der Waals surface area contributed by atoms with Crippen molar-refractivity contribution >= 4 is 11.9 Å². The Morgan fingerprint density at radius 2 is 2.16 bits per heavy atom. The van der Waals surface area contributed by atoms with E-state index in [4.69, 9.17) is 15.7 Å². The van der Waals surface area contributed by atoms with E-state index in [1.807, 2.05) is 36.4 Å². The van der Waals surface area contributed by atoms with Crippen LogP contribution in [-0.2, 0) is 11.3 Å². The van der Waals surface area contributed by atoms with Crippen LogP contribution in [0, 0.1) is 18.3 Å². The van der Waals surface area contributed by atoms with Crippen LogP contribution in [0.2, 0.25) is 0 Å². The van der Waals surface area contributed by atoms with E-state index in [2.05, 4.69) is 5.10 Å². The van der Waals surface area contributed by atoms with E-state index in [0.717, 1.165) is 10.2 Å². The Hall–Kier alpha value is -2.81. The summed E-state index contributed by atoms with van der Waals surface area (Å²) in [4.78, 5) is 11.8. The molecule has 0 aliphatic rings. The van der Waals surface area contributed by atoms with Crippen LogP contribution in [0.4, 0.5) is 10.6 Å². The number of hydrogen-bond acceptors (Lipinski definition) is 5. The molecule has 2 rings (SSSR count). The van der Waals surface area contributed by atoms with Crippen molar-refractivity contribution in [2.75, 3.05) is 5.73 Å². The summed E-state index contributed by atoms with van der Waals surface area (Å²) in [5.74, 6) is -0.00179.